The van der Waals surface area contributed by atoms with Crippen LogP contribution in [0, 0.1) is 5.82 Å². The molecule has 3 rings (SSSR count). The van der Waals surface area contributed by atoms with Gasteiger partial charge in [-0.2, -0.15) is 0 Å². The van der Waals surface area contributed by atoms with Crippen molar-refractivity contribution in [2.75, 3.05) is 12.4 Å². The predicted molar refractivity (Wildman–Crippen MR) is 99.0 cm³/mol. The van der Waals surface area contributed by atoms with Gasteiger partial charge in [-0.05, 0) is 35.9 Å². The number of para-hydroxylation sites is 1. The number of likely N-dealkylation sites (N-methyl/N-ethyl adjacent to an activating group) is 1. The van der Waals surface area contributed by atoms with E-state index in [-0.39, 0.29) is 17.6 Å². The fraction of sp³-hybridized carbons (Fsp3) is 0.190. The second kappa shape index (κ2) is 7.45. The van der Waals surface area contributed by atoms with Crippen LogP contribution in [0.4, 0.5) is 10.1 Å². The number of hydrogen-bond acceptors (Lipinski definition) is 1. The van der Waals surface area contributed by atoms with Crippen molar-refractivity contribution >= 4 is 22.4 Å². The van der Waals surface area contributed by atoms with E-state index in [4.69, 9.17) is 0 Å². The SMILES string of the molecule is C[C@@H](C(=O)Nc1ccccc1F)[NH+](C)Cc1ccc2ccccc2c1. The third-order valence-corrected chi connectivity index (χ3v) is 4.56. The molecule has 0 saturated heterocycles. The van der Waals surface area contributed by atoms with Crippen LogP contribution in [-0.4, -0.2) is 19.0 Å². The number of carbonyl (C=O) groups excluding carboxylic acids is 1. The van der Waals surface area contributed by atoms with Crippen molar-refractivity contribution in [3.63, 3.8) is 0 Å². The Balaban J connectivity index is 1.67. The van der Waals surface area contributed by atoms with Gasteiger partial charge in [0.2, 0.25) is 0 Å². The van der Waals surface area contributed by atoms with E-state index in [0.717, 1.165) is 11.4 Å². The molecule has 0 aliphatic heterocycles. The van der Waals surface area contributed by atoms with Crippen molar-refractivity contribution in [3.8, 4) is 0 Å². The summed E-state index contributed by atoms with van der Waals surface area (Å²) in [5, 5.41) is 5.07. The molecule has 0 bridgehead atoms. The highest BCUT2D eigenvalue weighted by molar-refractivity contribution is 5.93. The van der Waals surface area contributed by atoms with Gasteiger partial charge >= 0.3 is 0 Å². The fourth-order valence-corrected chi connectivity index (χ4v) is 2.85. The molecule has 2 N–H and O–H groups in total. The molecule has 0 fully saturated rings. The Morgan fingerprint density at radius 3 is 2.48 bits per heavy atom. The molecule has 3 aromatic carbocycles. The smallest absolute Gasteiger partial charge is 0.282 e. The van der Waals surface area contributed by atoms with Crippen LogP contribution in [0.2, 0.25) is 0 Å². The number of halogens is 1. The van der Waals surface area contributed by atoms with E-state index in [0.29, 0.717) is 0 Å². The lowest BCUT2D eigenvalue weighted by Gasteiger charge is -2.21. The minimum absolute atomic E-state index is 0.191. The minimum atomic E-state index is -0.421. The summed E-state index contributed by atoms with van der Waals surface area (Å²) in [4.78, 5) is 13.5. The van der Waals surface area contributed by atoms with Crippen LogP contribution < -0.4 is 10.2 Å². The summed E-state index contributed by atoms with van der Waals surface area (Å²) in [6.07, 6.45) is 0. The zero-order valence-corrected chi connectivity index (χ0v) is 14.4. The van der Waals surface area contributed by atoms with Gasteiger partial charge in [0.25, 0.3) is 5.91 Å². The number of amides is 1. The molecule has 0 aliphatic rings. The molecular formula is C21H22FN2O+. The Labute approximate surface area is 147 Å². The molecule has 25 heavy (non-hydrogen) atoms. The van der Waals surface area contributed by atoms with Gasteiger partial charge in [0.1, 0.15) is 12.4 Å². The summed E-state index contributed by atoms with van der Waals surface area (Å²) >= 11 is 0. The molecule has 0 saturated carbocycles. The van der Waals surface area contributed by atoms with Gasteiger partial charge in [-0.15, -0.1) is 0 Å². The van der Waals surface area contributed by atoms with Crippen LogP contribution in [0.25, 0.3) is 10.8 Å². The summed E-state index contributed by atoms with van der Waals surface area (Å²) in [6.45, 7) is 2.57. The Hall–Kier alpha value is -2.72. The third-order valence-electron chi connectivity index (χ3n) is 4.56. The number of hydrogen-bond donors (Lipinski definition) is 2. The Bertz CT molecular complexity index is 894. The lowest BCUT2D eigenvalue weighted by molar-refractivity contribution is -0.907. The van der Waals surface area contributed by atoms with Crippen molar-refractivity contribution in [1.29, 1.82) is 0 Å². The number of rotatable bonds is 5. The van der Waals surface area contributed by atoms with Gasteiger partial charge in [-0.3, -0.25) is 4.79 Å². The van der Waals surface area contributed by atoms with E-state index in [9.17, 15) is 9.18 Å². The van der Waals surface area contributed by atoms with Crippen LogP contribution in [0.15, 0.2) is 66.7 Å². The van der Waals surface area contributed by atoms with Crippen LogP contribution in [-0.2, 0) is 11.3 Å². The topological polar surface area (TPSA) is 33.5 Å². The van der Waals surface area contributed by atoms with E-state index in [1.807, 2.05) is 26.1 Å². The molecule has 4 heteroatoms. The molecule has 0 spiro atoms. The van der Waals surface area contributed by atoms with Gasteiger partial charge in [0, 0.05) is 5.56 Å². The number of carbonyl (C=O) groups is 1. The van der Waals surface area contributed by atoms with E-state index < -0.39 is 5.82 Å². The van der Waals surface area contributed by atoms with Crippen LogP contribution in [0.5, 0.6) is 0 Å². The molecule has 128 valence electrons. The lowest BCUT2D eigenvalue weighted by atomic mass is 10.1. The summed E-state index contributed by atoms with van der Waals surface area (Å²) in [7, 11) is 1.97. The third kappa shape index (κ3) is 4.03. The highest BCUT2D eigenvalue weighted by Crippen LogP contribution is 2.15. The highest BCUT2D eigenvalue weighted by Gasteiger charge is 2.22. The molecule has 0 radical (unpaired) electrons. The lowest BCUT2D eigenvalue weighted by Crippen LogP contribution is -3.12. The number of fused-ring (bicyclic) bond motifs is 1. The quantitative estimate of drug-likeness (QED) is 0.737. The van der Waals surface area contributed by atoms with Crippen molar-refractivity contribution < 1.29 is 14.1 Å². The number of quaternary nitrogens is 1. The second-order valence-corrected chi connectivity index (χ2v) is 6.40. The standard InChI is InChI=1S/C21H21FN2O/c1-15(21(25)23-20-10-6-5-9-19(20)22)24(2)14-16-11-12-17-7-3-4-8-18(17)13-16/h3-13,15H,14H2,1-2H3,(H,23,25)/p+1/t15-/m0/s1. The molecule has 1 unspecified atom stereocenters. The van der Waals surface area contributed by atoms with E-state index in [2.05, 4.69) is 35.6 Å². The number of anilines is 1. The fourth-order valence-electron chi connectivity index (χ4n) is 2.85. The Morgan fingerprint density at radius 2 is 1.72 bits per heavy atom. The van der Waals surface area contributed by atoms with Gasteiger partial charge in [0.15, 0.2) is 6.04 Å². The number of nitrogens with one attached hydrogen (secondary N) is 2. The maximum absolute atomic E-state index is 13.7. The summed E-state index contributed by atoms with van der Waals surface area (Å²) in [5.41, 5.74) is 1.39. The van der Waals surface area contributed by atoms with E-state index in [1.54, 1.807) is 18.2 Å². The maximum atomic E-state index is 13.7. The predicted octanol–water partition coefficient (Wildman–Crippen LogP) is 3.02. The molecule has 3 nitrogen and oxygen atoms in total. The maximum Gasteiger partial charge on any atom is 0.282 e. The minimum Gasteiger partial charge on any atom is -0.324 e. The van der Waals surface area contributed by atoms with Gasteiger partial charge in [0.05, 0.1) is 12.7 Å². The zero-order chi connectivity index (χ0) is 17.8. The normalized spacial score (nSPS) is 13.4. The molecule has 0 aromatic heterocycles. The van der Waals surface area contributed by atoms with Gasteiger partial charge in [-0.1, -0.05) is 48.5 Å². The van der Waals surface area contributed by atoms with Crippen LogP contribution >= 0.6 is 0 Å². The Morgan fingerprint density at radius 1 is 1.04 bits per heavy atom. The van der Waals surface area contributed by atoms with Crippen LogP contribution in [0.1, 0.15) is 12.5 Å². The van der Waals surface area contributed by atoms with Crippen molar-refractivity contribution in [1.82, 2.24) is 0 Å². The first-order chi connectivity index (χ1) is 12.0. The molecule has 0 heterocycles. The highest BCUT2D eigenvalue weighted by atomic mass is 19.1. The first-order valence-electron chi connectivity index (χ1n) is 8.40. The van der Waals surface area contributed by atoms with Crippen LogP contribution in [0.3, 0.4) is 0 Å². The molecule has 2 atom stereocenters. The van der Waals surface area contributed by atoms with Gasteiger partial charge in [-0.25, -0.2) is 4.39 Å². The zero-order valence-electron chi connectivity index (χ0n) is 14.4. The average molecular weight is 337 g/mol. The molecule has 3 aromatic rings. The van der Waals surface area contributed by atoms with E-state index in [1.165, 1.54) is 22.4 Å². The monoisotopic (exact) mass is 337 g/mol. The largest absolute Gasteiger partial charge is 0.324 e. The summed E-state index contributed by atoms with van der Waals surface area (Å²) in [5.74, 6) is -0.612. The second-order valence-electron chi connectivity index (χ2n) is 6.40. The summed E-state index contributed by atoms with van der Waals surface area (Å²) < 4.78 is 13.7. The van der Waals surface area contributed by atoms with Crippen molar-refractivity contribution in [3.05, 3.63) is 78.1 Å². The van der Waals surface area contributed by atoms with Crippen molar-refractivity contribution in [2.45, 2.75) is 19.5 Å². The first-order valence-corrected chi connectivity index (χ1v) is 8.40. The van der Waals surface area contributed by atoms with Crippen molar-refractivity contribution in [2.24, 2.45) is 0 Å². The summed E-state index contributed by atoms with van der Waals surface area (Å²) in [6, 6.07) is 20.5. The first kappa shape index (κ1) is 17.1. The molecule has 0 aliphatic carbocycles. The van der Waals surface area contributed by atoms with Gasteiger partial charge < -0.3 is 10.2 Å². The number of benzene rings is 3. The van der Waals surface area contributed by atoms with E-state index >= 15 is 0 Å². The molecular weight excluding hydrogens is 315 g/mol. The molecule has 1 amide bonds. The average Bonchev–Trinajstić information content (AvgIpc) is 2.62. The Kier molecular flexibility index (Phi) is 5.10.